The molecule has 2 aromatic rings. The van der Waals surface area contributed by atoms with E-state index in [0.717, 1.165) is 0 Å². The number of hydrogen-bond donors (Lipinski definition) is 3. The Morgan fingerprint density at radius 3 is 2.18 bits per heavy atom. The quantitative estimate of drug-likeness (QED) is 0.528. The van der Waals surface area contributed by atoms with Crippen LogP contribution in [-0.2, 0) is 4.74 Å². The minimum Gasteiger partial charge on any atom is -0.465 e. The zero-order valence-corrected chi connectivity index (χ0v) is 16.6. The molecule has 0 spiro atoms. The molecule has 8 heteroatoms. The first-order valence-corrected chi connectivity index (χ1v) is 8.92. The molecule has 0 aliphatic rings. The molecule has 0 fully saturated rings. The normalized spacial score (nSPS) is 10.1. The van der Waals surface area contributed by atoms with E-state index in [0.29, 0.717) is 22.4 Å². The summed E-state index contributed by atoms with van der Waals surface area (Å²) in [5.74, 6) is -1.10. The molecule has 2 amide bonds. The van der Waals surface area contributed by atoms with Crippen LogP contribution in [0.5, 0.6) is 0 Å². The molecule has 3 N–H and O–H groups in total. The molecule has 0 saturated carbocycles. The van der Waals surface area contributed by atoms with E-state index in [-0.39, 0.29) is 17.1 Å². The van der Waals surface area contributed by atoms with Crippen molar-refractivity contribution in [3.63, 3.8) is 0 Å². The molecule has 2 aromatic carbocycles. The second kappa shape index (κ2) is 9.61. The fourth-order valence-corrected chi connectivity index (χ4v) is 2.51. The number of rotatable bonds is 5. The van der Waals surface area contributed by atoms with E-state index in [1.54, 1.807) is 24.3 Å². The van der Waals surface area contributed by atoms with E-state index < -0.39 is 11.9 Å². The Kier molecular flexibility index (Phi) is 7.22. The number of ether oxygens (including phenoxy) is 1. The average molecular weight is 399 g/mol. The summed E-state index contributed by atoms with van der Waals surface area (Å²) in [6.45, 7) is 3.75. The van der Waals surface area contributed by atoms with Gasteiger partial charge in [0.05, 0.1) is 12.7 Å². The smallest absolute Gasteiger partial charge is 0.337 e. The number of hydrogen-bond acceptors (Lipinski definition) is 5. The van der Waals surface area contributed by atoms with Crippen molar-refractivity contribution in [3.05, 3.63) is 65.2 Å². The Labute approximate surface area is 168 Å². The summed E-state index contributed by atoms with van der Waals surface area (Å²) in [7, 11) is 1.29. The lowest BCUT2D eigenvalue weighted by molar-refractivity contribution is 0.0600. The van der Waals surface area contributed by atoms with E-state index in [4.69, 9.17) is 12.2 Å². The van der Waals surface area contributed by atoms with Gasteiger partial charge in [-0.05, 0) is 68.5 Å². The predicted octanol–water partition coefficient (Wildman–Crippen LogP) is 2.74. The number of carbonyl (C=O) groups is 3. The van der Waals surface area contributed by atoms with Crippen LogP contribution in [0.15, 0.2) is 48.5 Å². The van der Waals surface area contributed by atoms with E-state index in [1.807, 2.05) is 13.8 Å². The molecule has 0 saturated heterocycles. The lowest BCUT2D eigenvalue weighted by Crippen LogP contribution is -2.34. The van der Waals surface area contributed by atoms with Gasteiger partial charge in [0.25, 0.3) is 11.8 Å². The zero-order chi connectivity index (χ0) is 20.7. The minimum absolute atomic E-state index is 0.0232. The highest BCUT2D eigenvalue weighted by Gasteiger charge is 2.12. The Morgan fingerprint density at radius 2 is 1.57 bits per heavy atom. The van der Waals surface area contributed by atoms with E-state index in [9.17, 15) is 14.4 Å². The van der Waals surface area contributed by atoms with Crippen molar-refractivity contribution in [2.24, 2.45) is 0 Å². The van der Waals surface area contributed by atoms with Gasteiger partial charge in [-0.15, -0.1) is 0 Å². The van der Waals surface area contributed by atoms with Crippen molar-refractivity contribution in [1.29, 1.82) is 0 Å². The second-order valence-electron chi connectivity index (χ2n) is 6.19. The highest BCUT2D eigenvalue weighted by atomic mass is 32.1. The van der Waals surface area contributed by atoms with Crippen molar-refractivity contribution in [2.75, 3.05) is 12.4 Å². The van der Waals surface area contributed by atoms with Crippen molar-refractivity contribution < 1.29 is 19.1 Å². The van der Waals surface area contributed by atoms with Gasteiger partial charge in [0, 0.05) is 22.9 Å². The number of carbonyl (C=O) groups excluding carboxylic acids is 3. The molecule has 0 unspecified atom stereocenters. The van der Waals surface area contributed by atoms with Gasteiger partial charge in [0.1, 0.15) is 0 Å². The van der Waals surface area contributed by atoms with Gasteiger partial charge >= 0.3 is 5.97 Å². The maximum absolute atomic E-state index is 12.3. The Balaban J connectivity index is 1.99. The second-order valence-corrected chi connectivity index (χ2v) is 6.59. The van der Waals surface area contributed by atoms with Crippen LogP contribution in [0.3, 0.4) is 0 Å². The molecule has 0 heterocycles. The van der Waals surface area contributed by atoms with Gasteiger partial charge < -0.3 is 15.4 Å². The third-order valence-corrected chi connectivity index (χ3v) is 3.80. The van der Waals surface area contributed by atoms with Crippen LogP contribution in [-0.4, -0.2) is 36.0 Å². The first-order chi connectivity index (χ1) is 13.3. The molecule has 146 valence electrons. The molecule has 0 aromatic heterocycles. The van der Waals surface area contributed by atoms with Crippen LogP contribution in [0.2, 0.25) is 0 Å². The van der Waals surface area contributed by atoms with E-state index >= 15 is 0 Å². The van der Waals surface area contributed by atoms with Gasteiger partial charge in [0.2, 0.25) is 0 Å². The third-order valence-electron chi connectivity index (χ3n) is 3.60. The van der Waals surface area contributed by atoms with Crippen molar-refractivity contribution in [3.8, 4) is 0 Å². The first kappa shape index (κ1) is 21.0. The Bertz CT molecular complexity index is 895. The molecular weight excluding hydrogens is 378 g/mol. The third kappa shape index (κ3) is 5.88. The van der Waals surface area contributed by atoms with Crippen LogP contribution in [0.1, 0.15) is 44.9 Å². The summed E-state index contributed by atoms with van der Waals surface area (Å²) in [6.07, 6.45) is 0. The molecule has 0 aliphatic heterocycles. The number of anilines is 1. The van der Waals surface area contributed by atoms with Crippen LogP contribution < -0.4 is 16.0 Å². The molecule has 2 rings (SSSR count). The number of esters is 1. The van der Waals surface area contributed by atoms with Gasteiger partial charge in [-0.3, -0.25) is 14.9 Å². The Hall–Kier alpha value is -3.26. The summed E-state index contributed by atoms with van der Waals surface area (Å²) in [5, 5.41) is 8.32. The largest absolute Gasteiger partial charge is 0.465 e. The number of amides is 2. The monoisotopic (exact) mass is 399 g/mol. The van der Waals surface area contributed by atoms with Crippen molar-refractivity contribution >= 4 is 40.8 Å². The van der Waals surface area contributed by atoms with Crippen LogP contribution in [0, 0.1) is 0 Å². The van der Waals surface area contributed by atoms with Crippen molar-refractivity contribution in [1.82, 2.24) is 10.6 Å². The number of benzene rings is 2. The predicted molar refractivity (Wildman–Crippen MR) is 111 cm³/mol. The average Bonchev–Trinajstić information content (AvgIpc) is 2.67. The molecule has 0 bridgehead atoms. The summed E-state index contributed by atoms with van der Waals surface area (Å²) >= 11 is 5.16. The van der Waals surface area contributed by atoms with E-state index in [2.05, 4.69) is 20.7 Å². The zero-order valence-electron chi connectivity index (χ0n) is 15.7. The molecule has 0 atom stereocenters. The van der Waals surface area contributed by atoms with Crippen LogP contribution in [0.4, 0.5) is 5.69 Å². The molecule has 0 radical (unpaired) electrons. The maximum atomic E-state index is 12.3. The van der Waals surface area contributed by atoms with Crippen LogP contribution >= 0.6 is 12.2 Å². The molecular formula is C20H21N3O4S. The number of methoxy groups -OCH3 is 1. The summed E-state index contributed by atoms with van der Waals surface area (Å²) in [5.41, 5.74) is 1.73. The van der Waals surface area contributed by atoms with Crippen molar-refractivity contribution in [2.45, 2.75) is 19.9 Å². The van der Waals surface area contributed by atoms with Gasteiger partial charge in [-0.1, -0.05) is 6.07 Å². The standard InChI is InChI=1S/C20H21N3O4S/c1-12(2)21-18(25)15-5-4-6-16(11-15)22-20(28)23-17(24)13-7-9-14(10-8-13)19(26)27-3/h4-12H,1-3H3,(H,21,25)(H2,22,23,24,28). The van der Waals surface area contributed by atoms with Crippen LogP contribution in [0.25, 0.3) is 0 Å². The van der Waals surface area contributed by atoms with Gasteiger partial charge in [-0.25, -0.2) is 4.79 Å². The summed E-state index contributed by atoms with van der Waals surface area (Å²) < 4.78 is 4.62. The fraction of sp³-hybridized carbons (Fsp3) is 0.200. The van der Waals surface area contributed by atoms with Gasteiger partial charge in [0.15, 0.2) is 5.11 Å². The number of thiocarbonyl (C=S) groups is 1. The fourth-order valence-electron chi connectivity index (χ4n) is 2.30. The van der Waals surface area contributed by atoms with E-state index in [1.165, 1.54) is 31.4 Å². The lowest BCUT2D eigenvalue weighted by atomic mass is 10.1. The maximum Gasteiger partial charge on any atom is 0.337 e. The molecule has 0 aliphatic carbocycles. The highest BCUT2D eigenvalue weighted by Crippen LogP contribution is 2.11. The minimum atomic E-state index is -0.481. The molecule has 28 heavy (non-hydrogen) atoms. The number of nitrogens with one attached hydrogen (secondary N) is 3. The SMILES string of the molecule is COC(=O)c1ccc(C(=O)NC(=S)Nc2cccc(C(=O)NC(C)C)c2)cc1. The molecule has 7 nitrogen and oxygen atoms in total. The topological polar surface area (TPSA) is 96.5 Å². The summed E-state index contributed by atoms with van der Waals surface area (Å²) in [4.78, 5) is 35.8. The highest BCUT2D eigenvalue weighted by molar-refractivity contribution is 7.80. The summed E-state index contributed by atoms with van der Waals surface area (Å²) in [6, 6.07) is 12.8. The first-order valence-electron chi connectivity index (χ1n) is 8.51. The Morgan fingerprint density at radius 1 is 0.929 bits per heavy atom. The lowest BCUT2D eigenvalue weighted by Gasteiger charge is -2.12. The van der Waals surface area contributed by atoms with Gasteiger partial charge in [-0.2, -0.15) is 0 Å².